The molecule has 1 heterocycles. The van der Waals surface area contributed by atoms with Crippen LogP contribution in [-0.2, 0) is 16.3 Å². The minimum Gasteiger partial charge on any atom is -0.358 e. The van der Waals surface area contributed by atoms with E-state index in [0.29, 0.717) is 12.3 Å². The van der Waals surface area contributed by atoms with Gasteiger partial charge in [0.2, 0.25) is 0 Å². The number of aromatic nitrogens is 2. The molecule has 0 aliphatic carbocycles. The van der Waals surface area contributed by atoms with Crippen molar-refractivity contribution in [1.82, 2.24) is 14.8 Å². The second-order valence-electron chi connectivity index (χ2n) is 5.05. The predicted molar refractivity (Wildman–Crippen MR) is 93.5 cm³/mol. The maximum Gasteiger partial charge on any atom is 0.280 e. The van der Waals surface area contributed by atoms with Crippen LogP contribution < -0.4 is 0 Å². The first kappa shape index (κ1) is 20.9. The summed E-state index contributed by atoms with van der Waals surface area (Å²) in [6, 6.07) is 0. The van der Waals surface area contributed by atoms with E-state index >= 15 is 0 Å². The van der Waals surface area contributed by atoms with E-state index in [0.717, 1.165) is 17.4 Å². The molecule has 1 rings (SSSR count). The SMILES string of the molecule is CC.CCS(C)(C)CCOCn1cc(C(=O)N(C)OC)cn1. The number of nitrogens with zero attached hydrogens (tertiary/aromatic N) is 3. The smallest absolute Gasteiger partial charge is 0.280 e. The van der Waals surface area contributed by atoms with Crippen molar-refractivity contribution < 1.29 is 14.4 Å². The number of hydrogen-bond acceptors (Lipinski definition) is 4. The summed E-state index contributed by atoms with van der Waals surface area (Å²) in [6.07, 6.45) is 7.79. The van der Waals surface area contributed by atoms with Crippen molar-refractivity contribution in [2.24, 2.45) is 0 Å². The molecule has 0 radical (unpaired) electrons. The highest BCUT2D eigenvalue weighted by Crippen LogP contribution is 2.38. The van der Waals surface area contributed by atoms with Gasteiger partial charge in [-0.3, -0.25) is 9.63 Å². The van der Waals surface area contributed by atoms with Gasteiger partial charge >= 0.3 is 0 Å². The minimum absolute atomic E-state index is 0.227. The normalized spacial score (nSPS) is 11.6. The van der Waals surface area contributed by atoms with Gasteiger partial charge < -0.3 is 4.74 Å². The summed E-state index contributed by atoms with van der Waals surface area (Å²) < 4.78 is 7.22. The molecule has 22 heavy (non-hydrogen) atoms. The van der Waals surface area contributed by atoms with Crippen LogP contribution >= 0.6 is 10.0 Å². The van der Waals surface area contributed by atoms with Gasteiger partial charge in [-0.2, -0.15) is 5.10 Å². The summed E-state index contributed by atoms with van der Waals surface area (Å²) in [5, 5.41) is 5.27. The molecule has 0 aliphatic heterocycles. The molecule has 0 N–H and O–H groups in total. The third kappa shape index (κ3) is 7.29. The van der Waals surface area contributed by atoms with Crippen LogP contribution in [0.4, 0.5) is 0 Å². The van der Waals surface area contributed by atoms with Crippen LogP contribution in [0.2, 0.25) is 0 Å². The summed E-state index contributed by atoms with van der Waals surface area (Å²) >= 11 is 0. The molecule has 0 saturated heterocycles. The third-order valence-electron chi connectivity index (χ3n) is 3.23. The van der Waals surface area contributed by atoms with Crippen LogP contribution in [0.15, 0.2) is 12.4 Å². The Labute approximate surface area is 136 Å². The molecule has 1 aromatic rings. The Hall–Kier alpha value is -1.05. The van der Waals surface area contributed by atoms with Gasteiger partial charge in [-0.05, 0) is 18.3 Å². The number of hydrogen-bond donors (Lipinski definition) is 0. The summed E-state index contributed by atoms with van der Waals surface area (Å²) in [5.74, 6) is 2.07. The number of hydroxylamine groups is 2. The third-order valence-corrected chi connectivity index (χ3v) is 6.06. The number of ether oxygens (including phenoxy) is 1. The first-order valence-electron chi connectivity index (χ1n) is 7.50. The Morgan fingerprint density at radius 3 is 2.59 bits per heavy atom. The molecule has 0 unspecified atom stereocenters. The van der Waals surface area contributed by atoms with Crippen molar-refractivity contribution in [3.63, 3.8) is 0 Å². The molecule has 0 aliphatic rings. The Kier molecular flexibility index (Phi) is 10.1. The van der Waals surface area contributed by atoms with E-state index < -0.39 is 10.0 Å². The Morgan fingerprint density at radius 2 is 2.05 bits per heavy atom. The van der Waals surface area contributed by atoms with Gasteiger partial charge in [0.1, 0.15) is 6.73 Å². The zero-order valence-electron chi connectivity index (χ0n) is 15.0. The largest absolute Gasteiger partial charge is 0.358 e. The molecule has 1 aromatic heterocycles. The summed E-state index contributed by atoms with van der Waals surface area (Å²) in [7, 11) is 2.48. The topological polar surface area (TPSA) is 56.6 Å². The minimum atomic E-state index is -0.529. The molecule has 7 heteroatoms. The van der Waals surface area contributed by atoms with Crippen LogP contribution in [-0.4, -0.2) is 65.5 Å². The lowest BCUT2D eigenvalue weighted by Crippen LogP contribution is -2.24. The van der Waals surface area contributed by atoms with Gasteiger partial charge in [-0.15, -0.1) is 0 Å². The first-order valence-corrected chi connectivity index (χ1v) is 10.3. The van der Waals surface area contributed by atoms with Crippen LogP contribution in [0.3, 0.4) is 0 Å². The molecule has 0 saturated carbocycles. The van der Waals surface area contributed by atoms with Crippen molar-refractivity contribution in [2.45, 2.75) is 27.5 Å². The lowest BCUT2D eigenvalue weighted by Gasteiger charge is -2.29. The van der Waals surface area contributed by atoms with Crippen molar-refractivity contribution in [1.29, 1.82) is 0 Å². The standard InChI is InChI=1S/C13H25N3O3S.C2H6/c1-6-20(4,5)8-7-19-11-16-10-12(9-14-16)13(17)15(2)18-3;1-2/h9-10H,6-8,11H2,1-5H3;1-2H3. The number of amides is 1. The van der Waals surface area contributed by atoms with Gasteiger partial charge in [0.25, 0.3) is 5.91 Å². The van der Waals surface area contributed by atoms with E-state index in [-0.39, 0.29) is 5.91 Å². The van der Waals surface area contributed by atoms with Crippen molar-refractivity contribution in [3.05, 3.63) is 18.0 Å². The zero-order chi connectivity index (χ0) is 17.2. The van der Waals surface area contributed by atoms with E-state index in [4.69, 9.17) is 9.57 Å². The van der Waals surface area contributed by atoms with E-state index in [1.807, 2.05) is 13.8 Å². The summed E-state index contributed by atoms with van der Waals surface area (Å²) in [5.41, 5.74) is 0.484. The molecule has 0 aromatic carbocycles. The molecule has 1 amide bonds. The predicted octanol–water partition coefficient (Wildman–Crippen LogP) is 2.60. The monoisotopic (exact) mass is 333 g/mol. The lowest BCUT2D eigenvalue weighted by atomic mass is 10.3. The van der Waals surface area contributed by atoms with Crippen molar-refractivity contribution in [3.8, 4) is 0 Å². The molecule has 0 atom stereocenters. The van der Waals surface area contributed by atoms with Gasteiger partial charge in [-0.25, -0.2) is 19.8 Å². The molecule has 0 spiro atoms. The Bertz CT molecular complexity index is 435. The van der Waals surface area contributed by atoms with Gasteiger partial charge in [0.15, 0.2) is 0 Å². The Morgan fingerprint density at radius 1 is 1.41 bits per heavy atom. The average molecular weight is 333 g/mol. The maximum absolute atomic E-state index is 11.8. The molecular formula is C15H31N3O3S. The fraction of sp³-hybridized carbons (Fsp3) is 0.733. The van der Waals surface area contributed by atoms with Crippen LogP contribution in [0.25, 0.3) is 0 Å². The summed E-state index contributed by atoms with van der Waals surface area (Å²) in [4.78, 5) is 16.6. The van der Waals surface area contributed by atoms with Crippen LogP contribution in [0.5, 0.6) is 0 Å². The molecule has 0 bridgehead atoms. The highest BCUT2D eigenvalue weighted by atomic mass is 32.3. The number of carbonyl (C=O) groups excluding carboxylic acids is 1. The Balaban J connectivity index is 0.00000211. The average Bonchev–Trinajstić information content (AvgIpc) is 3.01. The molecule has 0 fully saturated rings. The fourth-order valence-corrected chi connectivity index (χ4v) is 2.25. The lowest BCUT2D eigenvalue weighted by molar-refractivity contribution is -0.0757. The second-order valence-corrected chi connectivity index (χ2v) is 9.57. The van der Waals surface area contributed by atoms with E-state index in [1.54, 1.807) is 17.9 Å². The number of carbonyl (C=O) groups is 1. The summed E-state index contributed by atoms with van der Waals surface area (Å²) in [6.45, 7) is 7.30. The van der Waals surface area contributed by atoms with E-state index in [2.05, 4.69) is 24.5 Å². The van der Waals surface area contributed by atoms with E-state index in [9.17, 15) is 4.79 Å². The zero-order valence-corrected chi connectivity index (χ0v) is 15.8. The molecular weight excluding hydrogens is 302 g/mol. The van der Waals surface area contributed by atoms with Gasteiger partial charge in [-0.1, -0.05) is 20.8 Å². The molecule has 130 valence electrons. The van der Waals surface area contributed by atoms with Crippen LogP contribution in [0.1, 0.15) is 31.1 Å². The first-order chi connectivity index (χ1) is 10.4. The highest BCUT2D eigenvalue weighted by molar-refractivity contribution is 8.32. The molecule has 6 nitrogen and oxygen atoms in total. The van der Waals surface area contributed by atoms with Gasteiger partial charge in [0.05, 0.1) is 25.5 Å². The van der Waals surface area contributed by atoms with Gasteiger partial charge in [0, 0.05) is 19.0 Å². The van der Waals surface area contributed by atoms with Crippen molar-refractivity contribution in [2.75, 3.05) is 44.8 Å². The van der Waals surface area contributed by atoms with Crippen LogP contribution in [0, 0.1) is 0 Å². The van der Waals surface area contributed by atoms with E-state index in [1.165, 1.54) is 19.1 Å². The second kappa shape index (κ2) is 10.6. The highest BCUT2D eigenvalue weighted by Gasteiger charge is 2.13. The maximum atomic E-state index is 11.8. The fourth-order valence-electron chi connectivity index (χ4n) is 1.40. The number of rotatable bonds is 8. The van der Waals surface area contributed by atoms with Crippen molar-refractivity contribution >= 4 is 15.9 Å². The quantitative estimate of drug-likeness (QED) is 0.542.